The number of benzene rings is 1. The lowest BCUT2D eigenvalue weighted by molar-refractivity contribution is -0.125. The van der Waals surface area contributed by atoms with Crippen molar-refractivity contribution in [3.63, 3.8) is 0 Å². The molecule has 0 spiro atoms. The Morgan fingerprint density at radius 3 is 2.82 bits per heavy atom. The standard InChI is InChI=1S/C17H27N3O2/c1-14(11-18-2)12-19-17(21)13-22-9-8-15-6-5-7-16(10-15)20(3)4/h5-7,10-11,18H,8-9,12-13H2,1-4H3,(H,19,21)/b14-11+. The van der Waals surface area contributed by atoms with Crippen molar-refractivity contribution >= 4 is 11.6 Å². The predicted molar refractivity (Wildman–Crippen MR) is 91.1 cm³/mol. The molecule has 1 rings (SSSR count). The number of nitrogens with zero attached hydrogens (tertiary/aromatic N) is 1. The number of amides is 1. The van der Waals surface area contributed by atoms with Crippen LogP contribution in [0.5, 0.6) is 0 Å². The molecule has 2 N–H and O–H groups in total. The van der Waals surface area contributed by atoms with Crippen molar-refractivity contribution in [3.05, 3.63) is 41.6 Å². The monoisotopic (exact) mass is 305 g/mol. The summed E-state index contributed by atoms with van der Waals surface area (Å²) in [6.07, 6.45) is 2.66. The van der Waals surface area contributed by atoms with Crippen molar-refractivity contribution in [2.75, 3.05) is 45.8 Å². The fraction of sp³-hybridized carbons (Fsp3) is 0.471. The number of carbonyl (C=O) groups is 1. The minimum Gasteiger partial charge on any atom is -0.394 e. The van der Waals surface area contributed by atoms with Gasteiger partial charge in [0, 0.05) is 33.4 Å². The van der Waals surface area contributed by atoms with Crippen molar-refractivity contribution in [1.29, 1.82) is 0 Å². The molecule has 1 aromatic carbocycles. The largest absolute Gasteiger partial charge is 0.394 e. The van der Waals surface area contributed by atoms with Crippen LogP contribution in [0.4, 0.5) is 5.69 Å². The van der Waals surface area contributed by atoms with Crippen molar-refractivity contribution in [2.24, 2.45) is 0 Å². The van der Waals surface area contributed by atoms with Gasteiger partial charge in [-0.05, 0) is 42.8 Å². The first-order valence-electron chi connectivity index (χ1n) is 7.46. The molecule has 1 aromatic rings. The average Bonchev–Trinajstić information content (AvgIpc) is 2.50. The van der Waals surface area contributed by atoms with Crippen LogP contribution < -0.4 is 15.5 Å². The molecule has 0 saturated heterocycles. The summed E-state index contributed by atoms with van der Waals surface area (Å²) in [6, 6.07) is 8.31. The minimum atomic E-state index is -0.0918. The van der Waals surface area contributed by atoms with E-state index in [1.54, 1.807) is 0 Å². The molecule has 1 amide bonds. The van der Waals surface area contributed by atoms with E-state index >= 15 is 0 Å². The van der Waals surface area contributed by atoms with Crippen LogP contribution in [0.15, 0.2) is 36.0 Å². The summed E-state index contributed by atoms with van der Waals surface area (Å²) >= 11 is 0. The lowest BCUT2D eigenvalue weighted by atomic mass is 10.1. The van der Waals surface area contributed by atoms with Gasteiger partial charge in [0.2, 0.25) is 5.91 Å². The van der Waals surface area contributed by atoms with Gasteiger partial charge in [0.25, 0.3) is 0 Å². The predicted octanol–water partition coefficient (Wildman–Crippen LogP) is 1.55. The Labute approximate surface area is 133 Å². The third-order valence-corrected chi connectivity index (χ3v) is 3.15. The van der Waals surface area contributed by atoms with E-state index in [1.165, 1.54) is 11.3 Å². The van der Waals surface area contributed by atoms with Crippen LogP contribution in [-0.2, 0) is 16.0 Å². The first kappa shape index (κ1) is 18.0. The van der Waals surface area contributed by atoms with E-state index in [1.807, 2.05) is 40.3 Å². The van der Waals surface area contributed by atoms with Crippen LogP contribution in [0.2, 0.25) is 0 Å². The molecule has 0 bridgehead atoms. The van der Waals surface area contributed by atoms with Gasteiger partial charge in [0.05, 0.1) is 6.61 Å². The number of rotatable bonds is 9. The van der Waals surface area contributed by atoms with E-state index in [0.717, 1.165) is 12.0 Å². The summed E-state index contributed by atoms with van der Waals surface area (Å²) in [4.78, 5) is 13.7. The van der Waals surface area contributed by atoms with E-state index < -0.39 is 0 Å². The topological polar surface area (TPSA) is 53.6 Å². The summed E-state index contributed by atoms with van der Waals surface area (Å²) < 4.78 is 5.43. The maximum atomic E-state index is 11.6. The van der Waals surface area contributed by atoms with Gasteiger partial charge in [0.15, 0.2) is 0 Å². The molecule has 0 unspecified atom stereocenters. The molecule has 122 valence electrons. The van der Waals surface area contributed by atoms with Gasteiger partial charge in [0.1, 0.15) is 6.61 Å². The molecule has 0 fully saturated rings. The third-order valence-electron chi connectivity index (χ3n) is 3.15. The first-order valence-corrected chi connectivity index (χ1v) is 7.46. The van der Waals surface area contributed by atoms with Crippen molar-refractivity contribution in [1.82, 2.24) is 10.6 Å². The lowest BCUT2D eigenvalue weighted by Gasteiger charge is -2.13. The highest BCUT2D eigenvalue weighted by Crippen LogP contribution is 2.13. The zero-order valence-electron chi connectivity index (χ0n) is 14.0. The Morgan fingerprint density at radius 1 is 1.36 bits per heavy atom. The average molecular weight is 305 g/mol. The summed E-state index contributed by atoms with van der Waals surface area (Å²) in [6.45, 7) is 3.12. The number of nitrogens with one attached hydrogen (secondary N) is 2. The number of carbonyl (C=O) groups excluding carboxylic acids is 1. The molecule has 22 heavy (non-hydrogen) atoms. The highest BCUT2D eigenvalue weighted by atomic mass is 16.5. The third kappa shape index (κ3) is 7.13. The normalized spacial score (nSPS) is 11.2. The van der Waals surface area contributed by atoms with E-state index in [2.05, 4.69) is 33.7 Å². The number of ether oxygens (including phenoxy) is 1. The van der Waals surface area contributed by atoms with E-state index in [9.17, 15) is 4.79 Å². The molecule has 0 radical (unpaired) electrons. The van der Waals surface area contributed by atoms with Crippen LogP contribution in [0.25, 0.3) is 0 Å². The summed E-state index contributed by atoms with van der Waals surface area (Å²) in [5, 5.41) is 5.74. The Morgan fingerprint density at radius 2 is 2.14 bits per heavy atom. The van der Waals surface area contributed by atoms with Crippen LogP contribution in [0.3, 0.4) is 0 Å². The van der Waals surface area contributed by atoms with Crippen LogP contribution in [0, 0.1) is 0 Å². The second kappa shape index (κ2) is 9.84. The van der Waals surface area contributed by atoms with E-state index in [0.29, 0.717) is 13.2 Å². The van der Waals surface area contributed by atoms with Gasteiger partial charge in [-0.25, -0.2) is 0 Å². The number of anilines is 1. The summed E-state index contributed by atoms with van der Waals surface area (Å²) in [7, 11) is 5.87. The Kier molecular flexibility index (Phi) is 8.07. The highest BCUT2D eigenvalue weighted by Gasteiger charge is 2.02. The molecule has 0 aliphatic carbocycles. The molecule has 0 heterocycles. The molecule has 0 atom stereocenters. The van der Waals surface area contributed by atoms with Gasteiger partial charge in [-0.15, -0.1) is 0 Å². The van der Waals surface area contributed by atoms with Gasteiger partial charge in [-0.1, -0.05) is 12.1 Å². The molecule has 5 heteroatoms. The zero-order chi connectivity index (χ0) is 16.4. The molecule has 5 nitrogen and oxygen atoms in total. The first-order chi connectivity index (χ1) is 10.5. The molecular formula is C17H27N3O2. The lowest BCUT2D eigenvalue weighted by Crippen LogP contribution is -2.29. The quantitative estimate of drug-likeness (QED) is 0.680. The number of hydrogen-bond donors (Lipinski definition) is 2. The van der Waals surface area contributed by atoms with Gasteiger partial charge >= 0.3 is 0 Å². The van der Waals surface area contributed by atoms with Gasteiger partial charge in [-0.3, -0.25) is 4.79 Å². The Hall–Kier alpha value is -2.01. The number of hydrogen-bond acceptors (Lipinski definition) is 4. The van der Waals surface area contributed by atoms with Crippen molar-refractivity contribution in [3.8, 4) is 0 Å². The fourth-order valence-electron chi connectivity index (χ4n) is 1.93. The molecule has 0 aliphatic heterocycles. The van der Waals surface area contributed by atoms with Crippen LogP contribution in [-0.4, -0.2) is 46.8 Å². The van der Waals surface area contributed by atoms with Gasteiger partial charge < -0.3 is 20.3 Å². The van der Waals surface area contributed by atoms with Crippen LogP contribution >= 0.6 is 0 Å². The molecular weight excluding hydrogens is 278 g/mol. The SMILES string of the molecule is CN/C=C(\C)CNC(=O)COCCc1cccc(N(C)C)c1. The van der Waals surface area contributed by atoms with Crippen molar-refractivity contribution in [2.45, 2.75) is 13.3 Å². The Balaban J connectivity index is 2.23. The second-order valence-electron chi connectivity index (χ2n) is 5.42. The van der Waals surface area contributed by atoms with Crippen LogP contribution in [0.1, 0.15) is 12.5 Å². The molecule has 0 aliphatic rings. The fourth-order valence-corrected chi connectivity index (χ4v) is 1.93. The van der Waals surface area contributed by atoms with E-state index in [-0.39, 0.29) is 12.5 Å². The molecule has 0 saturated carbocycles. The second-order valence-corrected chi connectivity index (χ2v) is 5.42. The highest BCUT2D eigenvalue weighted by molar-refractivity contribution is 5.77. The maximum Gasteiger partial charge on any atom is 0.246 e. The summed E-state index contributed by atoms with van der Waals surface area (Å²) in [5.41, 5.74) is 3.44. The van der Waals surface area contributed by atoms with E-state index in [4.69, 9.17) is 4.74 Å². The molecule has 0 aromatic heterocycles. The minimum absolute atomic E-state index is 0.0918. The maximum absolute atomic E-state index is 11.6. The smallest absolute Gasteiger partial charge is 0.246 e. The van der Waals surface area contributed by atoms with Gasteiger partial charge in [-0.2, -0.15) is 0 Å². The Bertz CT molecular complexity index is 498. The van der Waals surface area contributed by atoms with Crippen molar-refractivity contribution < 1.29 is 9.53 Å². The summed E-state index contributed by atoms with van der Waals surface area (Å²) in [5.74, 6) is -0.0918. The zero-order valence-corrected chi connectivity index (χ0v) is 14.0.